The van der Waals surface area contributed by atoms with E-state index >= 15 is 0 Å². The van der Waals surface area contributed by atoms with E-state index in [4.69, 9.17) is 0 Å². The number of carbonyl (C=O) groups excluding carboxylic acids is 3. The molecule has 0 bridgehead atoms. The van der Waals surface area contributed by atoms with Crippen molar-refractivity contribution in [3.05, 3.63) is 18.2 Å². The summed E-state index contributed by atoms with van der Waals surface area (Å²) in [6, 6.07) is 5.73. The van der Waals surface area contributed by atoms with Gasteiger partial charge in [-0.1, -0.05) is 59.3 Å². The molecule has 3 fully saturated rings. The molecule has 41 heavy (non-hydrogen) atoms. The second kappa shape index (κ2) is 13.3. The Balaban J connectivity index is 1.60. The first-order valence-corrected chi connectivity index (χ1v) is 16.4. The topological polar surface area (TPSA) is 78.5 Å². The molecule has 3 amide bonds. The Morgan fingerprint density at radius 3 is 1.49 bits per heavy atom. The summed E-state index contributed by atoms with van der Waals surface area (Å²) in [7, 11) is 0. The van der Waals surface area contributed by atoms with E-state index in [9.17, 15) is 14.4 Å². The van der Waals surface area contributed by atoms with Crippen LogP contribution in [-0.4, -0.2) is 23.3 Å². The zero-order chi connectivity index (χ0) is 29.8. The third kappa shape index (κ3) is 8.35. The minimum absolute atomic E-state index is 0.0134. The van der Waals surface area contributed by atoms with E-state index in [0.717, 1.165) is 82.7 Å². The predicted molar refractivity (Wildman–Crippen MR) is 169 cm³/mol. The smallest absolute Gasteiger partial charge is 0.230 e. The summed E-state index contributed by atoms with van der Waals surface area (Å²) in [4.78, 5) is 42.6. The molecule has 3 saturated carbocycles. The first-order valence-electron chi connectivity index (χ1n) is 16.4. The zero-order valence-corrected chi connectivity index (χ0v) is 26.6. The number of hydrogen-bond donors (Lipinski definition) is 2. The molecule has 0 spiro atoms. The van der Waals surface area contributed by atoms with Crippen LogP contribution in [0.5, 0.6) is 0 Å². The molecule has 2 N–H and O–H groups in total. The van der Waals surface area contributed by atoms with E-state index in [1.165, 1.54) is 12.8 Å². The highest BCUT2D eigenvalue weighted by Gasteiger charge is 2.35. The molecule has 0 aliphatic heterocycles. The number of carbonyl (C=O) groups is 3. The lowest BCUT2D eigenvalue weighted by Crippen LogP contribution is -2.49. The number of nitrogens with one attached hydrogen (secondary N) is 2. The van der Waals surface area contributed by atoms with Crippen molar-refractivity contribution in [3.63, 3.8) is 0 Å². The molecule has 3 aliphatic rings. The van der Waals surface area contributed by atoms with E-state index in [2.05, 4.69) is 52.2 Å². The second-order valence-corrected chi connectivity index (χ2v) is 15.2. The highest BCUT2D eigenvalue weighted by Crippen LogP contribution is 2.41. The average Bonchev–Trinajstić information content (AvgIpc) is 2.93. The molecule has 0 heterocycles. The van der Waals surface area contributed by atoms with Gasteiger partial charge in [0.2, 0.25) is 17.7 Å². The summed E-state index contributed by atoms with van der Waals surface area (Å²) in [6.45, 7) is 13.1. The van der Waals surface area contributed by atoms with Crippen LogP contribution in [0.1, 0.15) is 131 Å². The van der Waals surface area contributed by atoms with Crippen molar-refractivity contribution < 1.29 is 14.4 Å². The summed E-state index contributed by atoms with van der Waals surface area (Å²) in [5, 5.41) is 6.36. The Morgan fingerprint density at radius 1 is 0.610 bits per heavy atom. The van der Waals surface area contributed by atoms with E-state index in [1.807, 2.05) is 23.1 Å². The summed E-state index contributed by atoms with van der Waals surface area (Å²) >= 11 is 0. The summed E-state index contributed by atoms with van der Waals surface area (Å²) < 4.78 is 0. The van der Waals surface area contributed by atoms with Crippen LogP contribution < -0.4 is 15.5 Å². The van der Waals surface area contributed by atoms with Gasteiger partial charge in [0.05, 0.1) is 0 Å². The maximum Gasteiger partial charge on any atom is 0.230 e. The molecule has 0 saturated heterocycles. The molecule has 0 radical (unpaired) electrons. The van der Waals surface area contributed by atoms with Gasteiger partial charge in [0.25, 0.3) is 0 Å². The standard InChI is InChI=1S/C35H55N3O3/c1-34(2,3)27-19-17-25(18-20-27)32(40)37-29-21-28(36-31(39)24-13-9-7-10-14-24)22-30(23-29)38(35(4,5)6)33(41)26-15-11-8-12-16-26/h21-27H,7-20H2,1-6H3,(H,36,39)(H,37,40). The van der Waals surface area contributed by atoms with Crippen LogP contribution in [0.15, 0.2) is 18.2 Å². The van der Waals surface area contributed by atoms with Crippen LogP contribution >= 0.6 is 0 Å². The maximum atomic E-state index is 14.0. The molecular weight excluding hydrogens is 510 g/mol. The fourth-order valence-electron chi connectivity index (χ4n) is 7.34. The molecule has 0 unspecified atom stereocenters. The van der Waals surface area contributed by atoms with E-state index in [-0.39, 0.29) is 40.9 Å². The molecule has 3 aliphatic carbocycles. The van der Waals surface area contributed by atoms with Gasteiger partial charge < -0.3 is 15.5 Å². The molecule has 0 atom stereocenters. The van der Waals surface area contributed by atoms with Gasteiger partial charge in [-0.2, -0.15) is 0 Å². The fraction of sp³-hybridized carbons (Fsp3) is 0.743. The Kier molecular flexibility index (Phi) is 10.2. The zero-order valence-electron chi connectivity index (χ0n) is 26.6. The minimum Gasteiger partial charge on any atom is -0.326 e. The van der Waals surface area contributed by atoms with E-state index in [0.29, 0.717) is 17.3 Å². The second-order valence-electron chi connectivity index (χ2n) is 15.2. The molecule has 228 valence electrons. The number of hydrogen-bond acceptors (Lipinski definition) is 3. The molecule has 4 rings (SSSR count). The van der Waals surface area contributed by atoms with Gasteiger partial charge in [-0.3, -0.25) is 14.4 Å². The monoisotopic (exact) mass is 565 g/mol. The number of anilines is 3. The van der Waals surface area contributed by atoms with Crippen LogP contribution in [0.3, 0.4) is 0 Å². The summed E-state index contributed by atoms with van der Waals surface area (Å²) in [5.74, 6) is 0.888. The SMILES string of the molecule is CC(C)(C)C1CCC(C(=O)Nc2cc(NC(=O)C3CCCCC3)cc(N(C(=O)C3CCCCC3)C(C)(C)C)c2)CC1. The van der Waals surface area contributed by atoms with Crippen LogP contribution in [0.4, 0.5) is 17.1 Å². The van der Waals surface area contributed by atoms with Crippen molar-refractivity contribution >= 4 is 34.8 Å². The van der Waals surface area contributed by atoms with E-state index in [1.54, 1.807) is 0 Å². The number of benzene rings is 1. The van der Waals surface area contributed by atoms with Crippen molar-refractivity contribution in [2.24, 2.45) is 29.1 Å². The molecule has 6 heteroatoms. The van der Waals surface area contributed by atoms with Crippen molar-refractivity contribution in [3.8, 4) is 0 Å². The highest BCUT2D eigenvalue weighted by atomic mass is 16.2. The van der Waals surface area contributed by atoms with Gasteiger partial charge in [-0.25, -0.2) is 0 Å². The lowest BCUT2D eigenvalue weighted by Gasteiger charge is -2.39. The van der Waals surface area contributed by atoms with Crippen LogP contribution in [-0.2, 0) is 14.4 Å². The molecule has 1 aromatic carbocycles. The van der Waals surface area contributed by atoms with Crippen molar-refractivity contribution in [2.45, 2.75) is 137 Å². The highest BCUT2D eigenvalue weighted by molar-refractivity contribution is 6.01. The third-order valence-corrected chi connectivity index (χ3v) is 9.86. The first-order chi connectivity index (χ1) is 19.3. The Morgan fingerprint density at radius 2 is 1.05 bits per heavy atom. The number of rotatable bonds is 6. The quantitative estimate of drug-likeness (QED) is 0.362. The molecular formula is C35H55N3O3. The lowest BCUT2D eigenvalue weighted by atomic mass is 9.69. The normalized spacial score (nSPS) is 23.1. The number of amides is 3. The largest absolute Gasteiger partial charge is 0.326 e. The van der Waals surface area contributed by atoms with Crippen LogP contribution in [0.2, 0.25) is 0 Å². The van der Waals surface area contributed by atoms with Crippen molar-refractivity contribution in [1.29, 1.82) is 0 Å². The van der Waals surface area contributed by atoms with Gasteiger partial charge in [-0.15, -0.1) is 0 Å². The maximum absolute atomic E-state index is 14.0. The Labute approximate surface area is 248 Å². The Hall–Kier alpha value is -2.37. The van der Waals surface area contributed by atoms with Gasteiger partial charge in [0.1, 0.15) is 0 Å². The third-order valence-electron chi connectivity index (χ3n) is 9.86. The van der Waals surface area contributed by atoms with Crippen LogP contribution in [0.25, 0.3) is 0 Å². The van der Waals surface area contributed by atoms with Gasteiger partial charge in [0, 0.05) is 40.4 Å². The fourth-order valence-corrected chi connectivity index (χ4v) is 7.34. The van der Waals surface area contributed by atoms with Gasteiger partial charge in [0.15, 0.2) is 0 Å². The van der Waals surface area contributed by atoms with Crippen molar-refractivity contribution in [1.82, 2.24) is 0 Å². The first kappa shape index (κ1) is 31.6. The van der Waals surface area contributed by atoms with E-state index < -0.39 is 5.54 Å². The Bertz CT molecular complexity index is 1060. The summed E-state index contributed by atoms with van der Waals surface area (Å²) in [6.07, 6.45) is 14.3. The van der Waals surface area contributed by atoms with Gasteiger partial charge in [-0.05, 0) is 102 Å². The molecule has 0 aromatic heterocycles. The molecule has 6 nitrogen and oxygen atoms in total. The summed E-state index contributed by atoms with van der Waals surface area (Å²) in [5.41, 5.74) is 1.85. The average molecular weight is 566 g/mol. The van der Waals surface area contributed by atoms with Crippen molar-refractivity contribution in [2.75, 3.05) is 15.5 Å². The predicted octanol–water partition coefficient (Wildman–Crippen LogP) is 8.71. The lowest BCUT2D eigenvalue weighted by molar-refractivity contribution is -0.124. The molecule has 1 aromatic rings. The van der Waals surface area contributed by atoms with Crippen LogP contribution in [0, 0.1) is 29.1 Å². The minimum atomic E-state index is -0.451. The number of nitrogens with zero attached hydrogens (tertiary/aromatic N) is 1. The van der Waals surface area contributed by atoms with Gasteiger partial charge >= 0.3 is 0 Å².